The van der Waals surface area contributed by atoms with Crippen LogP contribution in [0.25, 0.3) is 0 Å². The first-order chi connectivity index (χ1) is 7.74. The maximum absolute atomic E-state index is 8.67. The number of unbranched alkanes of at least 4 members (excludes halogenated alkanes) is 2. The van der Waals surface area contributed by atoms with E-state index in [1.807, 2.05) is 0 Å². The number of ether oxygens (including phenoxy) is 2. The molecule has 2 aliphatic heterocycles. The second kappa shape index (κ2) is 7.16. The van der Waals surface area contributed by atoms with E-state index in [1.165, 1.54) is 0 Å². The van der Waals surface area contributed by atoms with E-state index in [-0.39, 0.29) is 38.1 Å². The molecule has 2 heterocycles. The van der Waals surface area contributed by atoms with Gasteiger partial charge in [0, 0.05) is 13.2 Å². The Balaban J connectivity index is 0.000000168. The average Bonchev–Trinajstić information content (AvgIpc) is 3.15. The fourth-order valence-corrected chi connectivity index (χ4v) is 1.35. The first kappa shape index (κ1) is 13.8. The molecule has 0 amide bonds. The van der Waals surface area contributed by atoms with E-state index in [0.29, 0.717) is 0 Å². The molecule has 0 aromatic rings. The van der Waals surface area contributed by atoms with E-state index in [2.05, 4.69) is 0 Å². The lowest BCUT2D eigenvalue weighted by atomic mass is 10.2. The highest BCUT2D eigenvalue weighted by Crippen LogP contribution is 2.36. The molecule has 2 aliphatic rings. The lowest BCUT2D eigenvalue weighted by Crippen LogP contribution is -2.07. The topological polar surface area (TPSA) is 106 Å². The van der Waals surface area contributed by atoms with Crippen molar-refractivity contribution in [2.75, 3.05) is 19.8 Å². The molecular weight excluding hydrogens is 216 g/mol. The van der Waals surface area contributed by atoms with E-state index in [0.717, 1.165) is 19.3 Å². The summed E-state index contributed by atoms with van der Waals surface area (Å²) < 4.78 is 9.62. The van der Waals surface area contributed by atoms with Crippen LogP contribution in [-0.2, 0) is 9.47 Å². The summed E-state index contributed by atoms with van der Waals surface area (Å²) in [6.45, 7) is 0.525. The van der Waals surface area contributed by atoms with E-state index in [1.54, 1.807) is 0 Å². The Morgan fingerprint density at radius 3 is 1.69 bits per heavy atom. The van der Waals surface area contributed by atoms with Crippen LogP contribution in [0.15, 0.2) is 0 Å². The van der Waals surface area contributed by atoms with E-state index in [4.69, 9.17) is 29.9 Å². The van der Waals surface area contributed by atoms with Gasteiger partial charge in [-0.15, -0.1) is 0 Å². The zero-order valence-corrected chi connectivity index (χ0v) is 9.16. The van der Waals surface area contributed by atoms with Gasteiger partial charge >= 0.3 is 0 Å². The molecule has 6 nitrogen and oxygen atoms in total. The monoisotopic (exact) mass is 236 g/mol. The van der Waals surface area contributed by atoms with Crippen molar-refractivity contribution in [3.05, 3.63) is 0 Å². The lowest BCUT2D eigenvalue weighted by Gasteiger charge is -1.90. The molecule has 4 atom stereocenters. The van der Waals surface area contributed by atoms with Crippen LogP contribution in [0.4, 0.5) is 0 Å². The smallest absolute Gasteiger partial charge is 0.184 e. The minimum Gasteiger partial charge on any atom is -0.396 e. The zero-order chi connectivity index (χ0) is 12.0. The fourth-order valence-electron chi connectivity index (χ4n) is 1.35. The van der Waals surface area contributed by atoms with Crippen molar-refractivity contribution in [1.29, 1.82) is 0 Å². The number of aliphatic hydroxyl groups excluding tert-OH is 4. The molecule has 0 spiro atoms. The van der Waals surface area contributed by atoms with Gasteiger partial charge in [-0.05, 0) is 19.3 Å². The Hall–Kier alpha value is -0.240. The summed E-state index contributed by atoms with van der Waals surface area (Å²) in [4.78, 5) is 0. The molecule has 0 bridgehead atoms. The van der Waals surface area contributed by atoms with Crippen molar-refractivity contribution in [1.82, 2.24) is 0 Å². The SMILES string of the molecule is OCC1OC1C1OC1O.OCCCCCO. The Morgan fingerprint density at radius 1 is 0.812 bits per heavy atom. The Bertz CT molecular complexity index is 184. The van der Waals surface area contributed by atoms with E-state index >= 15 is 0 Å². The first-order valence-electron chi connectivity index (χ1n) is 5.56. The molecule has 96 valence electrons. The van der Waals surface area contributed by atoms with Gasteiger partial charge in [0.1, 0.15) is 18.3 Å². The third kappa shape index (κ3) is 4.73. The molecular formula is C10H20O6. The zero-order valence-electron chi connectivity index (χ0n) is 9.16. The first-order valence-corrected chi connectivity index (χ1v) is 5.56. The summed E-state index contributed by atoms with van der Waals surface area (Å²) in [6, 6.07) is 0. The second-order valence-corrected chi connectivity index (χ2v) is 3.82. The predicted octanol–water partition coefficient (Wildman–Crippen LogP) is -1.40. The minimum absolute atomic E-state index is 0.0250. The van der Waals surface area contributed by atoms with Crippen molar-refractivity contribution >= 4 is 0 Å². The normalized spacial score (nSPS) is 35.2. The molecule has 0 aromatic heterocycles. The Kier molecular flexibility index (Phi) is 6.18. The summed E-state index contributed by atoms with van der Waals surface area (Å²) in [5.41, 5.74) is 0. The second-order valence-electron chi connectivity index (χ2n) is 3.82. The molecule has 2 rings (SSSR count). The highest BCUT2D eigenvalue weighted by atomic mass is 16.7. The molecule has 2 fully saturated rings. The molecule has 0 aliphatic carbocycles. The number of hydrogen-bond acceptors (Lipinski definition) is 6. The third-order valence-corrected chi connectivity index (χ3v) is 2.44. The number of aliphatic hydroxyl groups is 4. The van der Waals surface area contributed by atoms with E-state index < -0.39 is 6.29 Å². The average molecular weight is 236 g/mol. The predicted molar refractivity (Wildman–Crippen MR) is 54.6 cm³/mol. The molecule has 4 N–H and O–H groups in total. The van der Waals surface area contributed by atoms with Gasteiger partial charge in [-0.2, -0.15) is 0 Å². The van der Waals surface area contributed by atoms with Gasteiger partial charge < -0.3 is 29.9 Å². The van der Waals surface area contributed by atoms with Crippen molar-refractivity contribution in [3.8, 4) is 0 Å². The highest BCUT2D eigenvalue weighted by molar-refractivity contribution is 4.98. The lowest BCUT2D eigenvalue weighted by molar-refractivity contribution is 0.155. The maximum Gasteiger partial charge on any atom is 0.184 e. The largest absolute Gasteiger partial charge is 0.396 e. The summed E-state index contributed by atoms with van der Waals surface area (Å²) >= 11 is 0. The van der Waals surface area contributed by atoms with Crippen LogP contribution in [0, 0.1) is 0 Å². The van der Waals surface area contributed by atoms with Crippen molar-refractivity contribution in [3.63, 3.8) is 0 Å². The Labute approximate surface area is 94.4 Å². The van der Waals surface area contributed by atoms with Crippen LogP contribution in [0.1, 0.15) is 19.3 Å². The third-order valence-electron chi connectivity index (χ3n) is 2.44. The van der Waals surface area contributed by atoms with Crippen LogP contribution < -0.4 is 0 Å². The van der Waals surface area contributed by atoms with Gasteiger partial charge in [-0.3, -0.25) is 0 Å². The van der Waals surface area contributed by atoms with Crippen molar-refractivity contribution in [2.45, 2.75) is 43.9 Å². The van der Waals surface area contributed by atoms with Crippen LogP contribution in [0.3, 0.4) is 0 Å². The summed E-state index contributed by atoms with van der Waals surface area (Å²) in [5.74, 6) is 0. The highest BCUT2D eigenvalue weighted by Gasteiger charge is 2.56. The molecule has 4 unspecified atom stereocenters. The van der Waals surface area contributed by atoms with Crippen molar-refractivity contribution in [2.24, 2.45) is 0 Å². The van der Waals surface area contributed by atoms with Crippen molar-refractivity contribution < 1.29 is 29.9 Å². The van der Waals surface area contributed by atoms with E-state index in [9.17, 15) is 0 Å². The molecule has 0 saturated carbocycles. The van der Waals surface area contributed by atoms with Crippen LogP contribution in [-0.4, -0.2) is 64.8 Å². The van der Waals surface area contributed by atoms with Gasteiger partial charge in [0.25, 0.3) is 0 Å². The number of rotatable bonds is 6. The van der Waals surface area contributed by atoms with Gasteiger partial charge in [-0.1, -0.05) is 0 Å². The molecule has 0 aromatic carbocycles. The standard InChI is InChI=1S/C5H8O4.C5H12O2/c6-1-2-3(8-2)4-5(7)9-4;6-4-2-1-3-5-7/h2-7H,1H2;6-7H,1-5H2. The molecule has 6 heteroatoms. The number of epoxide rings is 2. The summed E-state index contributed by atoms with van der Waals surface area (Å²) in [5, 5.41) is 33.6. The van der Waals surface area contributed by atoms with Gasteiger partial charge in [0.05, 0.1) is 6.61 Å². The fraction of sp³-hybridized carbons (Fsp3) is 1.00. The van der Waals surface area contributed by atoms with Gasteiger partial charge in [-0.25, -0.2) is 0 Å². The quantitative estimate of drug-likeness (QED) is 0.334. The van der Waals surface area contributed by atoms with Crippen LogP contribution in [0.5, 0.6) is 0 Å². The number of hydrogen-bond donors (Lipinski definition) is 4. The molecule has 16 heavy (non-hydrogen) atoms. The minimum atomic E-state index is -0.647. The summed E-state index contributed by atoms with van der Waals surface area (Å²) in [7, 11) is 0. The van der Waals surface area contributed by atoms with Gasteiger partial charge in [0.15, 0.2) is 6.29 Å². The Morgan fingerprint density at radius 2 is 1.38 bits per heavy atom. The maximum atomic E-state index is 8.67. The molecule has 0 radical (unpaired) electrons. The molecule has 2 saturated heterocycles. The van der Waals surface area contributed by atoms with Crippen LogP contribution >= 0.6 is 0 Å². The summed E-state index contributed by atoms with van der Waals surface area (Å²) in [6.07, 6.45) is 1.62. The van der Waals surface area contributed by atoms with Gasteiger partial charge in [0.2, 0.25) is 0 Å². The van der Waals surface area contributed by atoms with Crippen LogP contribution in [0.2, 0.25) is 0 Å².